The van der Waals surface area contributed by atoms with Gasteiger partial charge in [0, 0.05) is 30.6 Å². The van der Waals surface area contributed by atoms with Crippen molar-refractivity contribution in [2.24, 2.45) is 0 Å². The number of fused-ring (bicyclic) bond motifs is 1. The predicted molar refractivity (Wildman–Crippen MR) is 156 cm³/mol. The van der Waals surface area contributed by atoms with Crippen molar-refractivity contribution in [2.45, 2.75) is 64.2 Å². The van der Waals surface area contributed by atoms with Gasteiger partial charge in [0.25, 0.3) is 8.32 Å². The first kappa shape index (κ1) is 28.7. The molecule has 0 bridgehead atoms. The highest BCUT2D eigenvalue weighted by Gasteiger charge is 2.52. The Hall–Kier alpha value is -3.29. The predicted octanol–water partition coefficient (Wildman–Crippen LogP) is 5.60. The Morgan fingerprint density at radius 2 is 1.41 bits per heavy atom. The number of carbonyl (C=O) groups excluding carboxylic acids is 1. The summed E-state index contributed by atoms with van der Waals surface area (Å²) in [4.78, 5) is 12.3. The van der Waals surface area contributed by atoms with Crippen molar-refractivity contribution < 1.29 is 28.2 Å². The van der Waals surface area contributed by atoms with E-state index >= 15 is 0 Å². The fourth-order valence-corrected chi connectivity index (χ4v) is 10.7. The highest BCUT2D eigenvalue weighted by atomic mass is 28.4. The summed E-state index contributed by atoms with van der Waals surface area (Å²) in [5.74, 6) is 1.34. The molecule has 7 heteroatoms. The molecular formula is C32H40O6Si. The van der Waals surface area contributed by atoms with Crippen molar-refractivity contribution in [1.82, 2.24) is 0 Å². The van der Waals surface area contributed by atoms with Crippen LogP contribution < -0.4 is 24.6 Å². The van der Waals surface area contributed by atoms with E-state index in [4.69, 9.17) is 23.4 Å². The third-order valence-corrected chi connectivity index (χ3v) is 12.7. The molecule has 0 aliphatic heterocycles. The molecular weight excluding hydrogens is 508 g/mol. The SMILES string of the molecule is COc1cc2c(c(OC)c1OC)CC[C@H](O[Si](c1ccccc1)(c1ccccc1)C(C)(C)C)CC2OC(C)=O. The number of esters is 1. The number of hydrogen-bond donors (Lipinski definition) is 0. The van der Waals surface area contributed by atoms with E-state index in [-0.39, 0.29) is 17.1 Å². The monoisotopic (exact) mass is 548 g/mol. The van der Waals surface area contributed by atoms with Crippen LogP contribution in [0.5, 0.6) is 17.2 Å². The topological polar surface area (TPSA) is 63.2 Å². The normalized spacial score (nSPS) is 17.5. The minimum Gasteiger partial charge on any atom is -0.493 e. The summed E-state index contributed by atoms with van der Waals surface area (Å²) < 4.78 is 30.6. The number of rotatable bonds is 8. The van der Waals surface area contributed by atoms with E-state index in [2.05, 4.69) is 69.3 Å². The van der Waals surface area contributed by atoms with Crippen LogP contribution in [0, 0.1) is 0 Å². The van der Waals surface area contributed by atoms with Gasteiger partial charge >= 0.3 is 5.97 Å². The Morgan fingerprint density at radius 1 is 0.846 bits per heavy atom. The molecule has 0 saturated carbocycles. The van der Waals surface area contributed by atoms with Gasteiger partial charge in [-0.25, -0.2) is 0 Å². The summed E-state index contributed by atoms with van der Waals surface area (Å²) in [5, 5.41) is 2.27. The Balaban J connectivity index is 1.85. The number of ether oxygens (including phenoxy) is 4. The van der Waals surface area contributed by atoms with Gasteiger partial charge in [0.15, 0.2) is 11.5 Å². The molecule has 39 heavy (non-hydrogen) atoms. The fraction of sp³-hybridized carbons (Fsp3) is 0.406. The molecule has 1 aliphatic rings. The molecule has 3 aromatic carbocycles. The number of hydrogen-bond acceptors (Lipinski definition) is 6. The van der Waals surface area contributed by atoms with Crippen LogP contribution >= 0.6 is 0 Å². The summed E-state index contributed by atoms with van der Waals surface area (Å²) in [6, 6.07) is 23.1. The first-order valence-corrected chi connectivity index (χ1v) is 15.3. The van der Waals surface area contributed by atoms with E-state index in [0.29, 0.717) is 30.1 Å². The zero-order chi connectivity index (χ0) is 28.2. The maximum absolute atomic E-state index is 12.3. The van der Waals surface area contributed by atoms with Crippen LogP contribution in [0.15, 0.2) is 66.7 Å². The van der Waals surface area contributed by atoms with Crippen LogP contribution in [0.2, 0.25) is 5.04 Å². The molecule has 0 fully saturated rings. The summed E-state index contributed by atoms with van der Waals surface area (Å²) in [5.41, 5.74) is 1.82. The van der Waals surface area contributed by atoms with E-state index in [0.717, 1.165) is 17.5 Å². The molecule has 0 amide bonds. The summed E-state index contributed by atoms with van der Waals surface area (Å²) >= 11 is 0. The van der Waals surface area contributed by atoms with Crippen molar-refractivity contribution in [3.63, 3.8) is 0 Å². The molecule has 0 radical (unpaired) electrons. The van der Waals surface area contributed by atoms with E-state index in [1.807, 2.05) is 18.2 Å². The zero-order valence-corrected chi connectivity index (χ0v) is 25.1. The van der Waals surface area contributed by atoms with Crippen LogP contribution in [-0.4, -0.2) is 41.7 Å². The van der Waals surface area contributed by atoms with Crippen molar-refractivity contribution in [1.29, 1.82) is 0 Å². The lowest BCUT2D eigenvalue weighted by molar-refractivity contribution is -0.147. The second-order valence-electron chi connectivity index (χ2n) is 11.0. The van der Waals surface area contributed by atoms with E-state index in [1.54, 1.807) is 21.3 Å². The van der Waals surface area contributed by atoms with Gasteiger partial charge in [-0.3, -0.25) is 4.79 Å². The lowest BCUT2D eigenvalue weighted by atomic mass is 9.98. The molecule has 1 unspecified atom stereocenters. The van der Waals surface area contributed by atoms with Crippen molar-refractivity contribution >= 4 is 24.7 Å². The van der Waals surface area contributed by atoms with Crippen molar-refractivity contribution in [3.8, 4) is 17.2 Å². The van der Waals surface area contributed by atoms with Gasteiger partial charge in [-0.05, 0) is 34.3 Å². The van der Waals surface area contributed by atoms with Gasteiger partial charge < -0.3 is 23.4 Å². The van der Waals surface area contributed by atoms with Crippen molar-refractivity contribution in [3.05, 3.63) is 77.9 Å². The molecule has 3 aromatic rings. The summed E-state index contributed by atoms with van der Waals surface area (Å²) in [6.07, 6.45) is 1.25. The third kappa shape index (κ3) is 5.56. The second-order valence-corrected chi connectivity index (χ2v) is 15.2. The van der Waals surface area contributed by atoms with E-state index in [1.165, 1.54) is 17.3 Å². The van der Waals surface area contributed by atoms with Gasteiger partial charge in [-0.1, -0.05) is 81.4 Å². The first-order valence-electron chi connectivity index (χ1n) is 13.4. The molecule has 0 heterocycles. The van der Waals surface area contributed by atoms with Crippen LogP contribution in [0.4, 0.5) is 0 Å². The quantitative estimate of drug-likeness (QED) is 0.208. The highest BCUT2D eigenvalue weighted by Crippen LogP contribution is 2.48. The third-order valence-electron chi connectivity index (χ3n) is 7.58. The fourth-order valence-electron chi connectivity index (χ4n) is 5.93. The minimum atomic E-state index is -2.81. The van der Waals surface area contributed by atoms with Crippen LogP contribution in [0.3, 0.4) is 0 Å². The molecule has 1 aliphatic carbocycles. The Bertz CT molecular complexity index is 1230. The number of methoxy groups -OCH3 is 3. The Labute approximate surface area is 233 Å². The lowest BCUT2D eigenvalue weighted by Gasteiger charge is -2.45. The van der Waals surface area contributed by atoms with Crippen LogP contribution in [-0.2, 0) is 20.4 Å². The van der Waals surface area contributed by atoms with Gasteiger partial charge in [0.05, 0.1) is 21.3 Å². The first-order chi connectivity index (χ1) is 18.7. The molecule has 0 spiro atoms. The van der Waals surface area contributed by atoms with Crippen LogP contribution in [0.25, 0.3) is 0 Å². The average Bonchev–Trinajstić information content (AvgIpc) is 3.09. The number of benzene rings is 3. The van der Waals surface area contributed by atoms with E-state index < -0.39 is 14.4 Å². The standard InChI is InChI=1S/C32H40O6Si/c1-22(33)37-28-20-23(18-19-26-27(28)21-29(34-5)31(36-7)30(26)35-6)38-39(32(2,3)4,24-14-10-8-11-15-24)25-16-12-9-13-17-25/h8-17,21,23,28H,18-20H2,1-7H3/t23-,28?/m0/s1. The van der Waals surface area contributed by atoms with Gasteiger partial charge in [-0.15, -0.1) is 0 Å². The zero-order valence-electron chi connectivity index (χ0n) is 24.1. The molecule has 0 saturated heterocycles. The molecule has 208 valence electrons. The maximum Gasteiger partial charge on any atom is 0.303 e. The minimum absolute atomic E-state index is 0.171. The smallest absolute Gasteiger partial charge is 0.303 e. The second kappa shape index (κ2) is 11.8. The van der Waals surface area contributed by atoms with E-state index in [9.17, 15) is 4.79 Å². The summed E-state index contributed by atoms with van der Waals surface area (Å²) in [7, 11) is 2.01. The lowest BCUT2D eigenvalue weighted by Crippen LogP contribution is -2.67. The molecule has 4 rings (SSSR count). The number of carbonyl (C=O) groups is 1. The molecule has 0 N–H and O–H groups in total. The molecule has 2 atom stereocenters. The molecule has 6 nitrogen and oxygen atoms in total. The van der Waals surface area contributed by atoms with Crippen molar-refractivity contribution in [2.75, 3.05) is 21.3 Å². The highest BCUT2D eigenvalue weighted by molar-refractivity contribution is 6.99. The maximum atomic E-state index is 12.3. The van der Waals surface area contributed by atoms with Crippen LogP contribution in [0.1, 0.15) is 57.8 Å². The Morgan fingerprint density at radius 3 is 1.87 bits per heavy atom. The molecule has 0 aromatic heterocycles. The average molecular weight is 549 g/mol. The van der Waals surface area contributed by atoms with Gasteiger partial charge in [-0.2, -0.15) is 0 Å². The summed E-state index contributed by atoms with van der Waals surface area (Å²) in [6.45, 7) is 8.26. The largest absolute Gasteiger partial charge is 0.493 e. The van der Waals surface area contributed by atoms with Gasteiger partial charge in [0.1, 0.15) is 6.10 Å². The Kier molecular flexibility index (Phi) is 8.72. The van der Waals surface area contributed by atoms with Gasteiger partial charge in [0.2, 0.25) is 5.75 Å².